The van der Waals surface area contributed by atoms with Crippen LogP contribution in [0.3, 0.4) is 0 Å². The standard InChI is InChI=1S/C11H11BrO2/c12-5-6-14-10-7-8-3-1-2-4-9(8)11(10)13/h1-4,10H,5-7H2. The lowest BCUT2D eigenvalue weighted by Gasteiger charge is -2.07. The van der Waals surface area contributed by atoms with Gasteiger partial charge in [0.15, 0.2) is 5.78 Å². The Kier molecular flexibility index (Phi) is 2.99. The van der Waals surface area contributed by atoms with Gasteiger partial charge in [-0.25, -0.2) is 0 Å². The van der Waals surface area contributed by atoms with E-state index in [0.717, 1.165) is 22.9 Å². The molecule has 0 aliphatic heterocycles. The van der Waals surface area contributed by atoms with E-state index in [2.05, 4.69) is 15.9 Å². The summed E-state index contributed by atoms with van der Waals surface area (Å²) >= 11 is 3.28. The quantitative estimate of drug-likeness (QED) is 0.774. The van der Waals surface area contributed by atoms with Crippen LogP contribution in [0.1, 0.15) is 15.9 Å². The average Bonchev–Trinajstić information content (AvgIpc) is 2.54. The number of fused-ring (bicyclic) bond motifs is 1. The van der Waals surface area contributed by atoms with Crippen LogP contribution in [-0.2, 0) is 11.2 Å². The van der Waals surface area contributed by atoms with Crippen molar-refractivity contribution in [3.63, 3.8) is 0 Å². The lowest BCUT2D eigenvalue weighted by Crippen LogP contribution is -2.21. The number of alkyl halides is 1. The maximum atomic E-state index is 11.8. The van der Waals surface area contributed by atoms with Crippen LogP contribution in [0.15, 0.2) is 24.3 Å². The van der Waals surface area contributed by atoms with Gasteiger partial charge in [-0.05, 0) is 5.56 Å². The van der Waals surface area contributed by atoms with Gasteiger partial charge < -0.3 is 4.74 Å². The third-order valence-corrected chi connectivity index (χ3v) is 2.70. The van der Waals surface area contributed by atoms with Crippen LogP contribution >= 0.6 is 15.9 Å². The second-order valence-electron chi connectivity index (χ2n) is 3.27. The molecule has 0 radical (unpaired) electrons. The van der Waals surface area contributed by atoms with E-state index in [1.54, 1.807) is 0 Å². The molecule has 0 heterocycles. The third kappa shape index (κ3) is 1.74. The number of ether oxygens (including phenoxy) is 1. The molecule has 1 unspecified atom stereocenters. The van der Waals surface area contributed by atoms with Gasteiger partial charge in [-0.15, -0.1) is 0 Å². The zero-order valence-corrected chi connectivity index (χ0v) is 9.29. The Hall–Kier alpha value is -0.670. The third-order valence-electron chi connectivity index (χ3n) is 2.38. The maximum Gasteiger partial charge on any atom is 0.192 e. The monoisotopic (exact) mass is 254 g/mol. The summed E-state index contributed by atoms with van der Waals surface area (Å²) in [5.74, 6) is 0.126. The molecule has 0 spiro atoms. The predicted molar refractivity (Wildman–Crippen MR) is 58.0 cm³/mol. The molecule has 0 fully saturated rings. The summed E-state index contributed by atoms with van der Waals surface area (Å²) in [6.45, 7) is 0.588. The summed E-state index contributed by atoms with van der Waals surface area (Å²) in [5, 5.41) is 0.771. The lowest BCUT2D eigenvalue weighted by atomic mass is 10.1. The van der Waals surface area contributed by atoms with Crippen LogP contribution in [0, 0.1) is 0 Å². The molecule has 1 aromatic carbocycles. The highest BCUT2D eigenvalue weighted by Crippen LogP contribution is 2.23. The Morgan fingerprint density at radius 2 is 2.21 bits per heavy atom. The highest BCUT2D eigenvalue weighted by atomic mass is 79.9. The molecule has 0 saturated heterocycles. The van der Waals surface area contributed by atoms with E-state index in [4.69, 9.17) is 4.74 Å². The number of hydrogen-bond donors (Lipinski definition) is 0. The first kappa shape index (κ1) is 9.87. The fourth-order valence-electron chi connectivity index (χ4n) is 1.73. The van der Waals surface area contributed by atoms with Gasteiger partial charge in [0.2, 0.25) is 0 Å². The van der Waals surface area contributed by atoms with Crippen molar-refractivity contribution in [3.8, 4) is 0 Å². The SMILES string of the molecule is O=C1c2ccccc2CC1OCCBr. The van der Waals surface area contributed by atoms with Gasteiger partial charge in [0.05, 0.1) is 6.61 Å². The number of hydrogen-bond acceptors (Lipinski definition) is 2. The summed E-state index contributed by atoms with van der Waals surface area (Å²) in [5.41, 5.74) is 1.93. The van der Waals surface area contributed by atoms with E-state index in [1.165, 1.54) is 0 Å². The zero-order chi connectivity index (χ0) is 9.97. The first-order valence-corrected chi connectivity index (χ1v) is 5.75. The number of rotatable bonds is 3. The first-order chi connectivity index (χ1) is 6.83. The van der Waals surface area contributed by atoms with E-state index in [9.17, 15) is 4.79 Å². The van der Waals surface area contributed by atoms with Gasteiger partial charge >= 0.3 is 0 Å². The van der Waals surface area contributed by atoms with Crippen LogP contribution in [0.4, 0.5) is 0 Å². The molecule has 0 amide bonds. The fourth-order valence-corrected chi connectivity index (χ4v) is 1.91. The first-order valence-electron chi connectivity index (χ1n) is 4.62. The van der Waals surface area contributed by atoms with Crippen LogP contribution in [0.25, 0.3) is 0 Å². The normalized spacial score (nSPS) is 19.8. The highest BCUT2D eigenvalue weighted by Gasteiger charge is 2.30. The molecular weight excluding hydrogens is 244 g/mol. The summed E-state index contributed by atoms with van der Waals surface area (Å²) in [6, 6.07) is 7.71. The van der Waals surface area contributed by atoms with Crippen molar-refractivity contribution in [2.24, 2.45) is 0 Å². The minimum atomic E-state index is -0.259. The molecule has 2 nitrogen and oxygen atoms in total. The molecule has 0 N–H and O–H groups in total. The number of benzene rings is 1. The van der Waals surface area contributed by atoms with Crippen molar-refractivity contribution in [2.75, 3.05) is 11.9 Å². The molecule has 0 bridgehead atoms. The molecule has 2 rings (SSSR count). The Morgan fingerprint density at radius 1 is 1.43 bits per heavy atom. The summed E-state index contributed by atoms with van der Waals surface area (Å²) in [4.78, 5) is 11.8. The fraction of sp³-hybridized carbons (Fsp3) is 0.364. The van der Waals surface area contributed by atoms with Crippen LogP contribution < -0.4 is 0 Å². The van der Waals surface area contributed by atoms with Gasteiger partial charge in [-0.3, -0.25) is 4.79 Å². The minimum absolute atomic E-state index is 0.126. The van der Waals surface area contributed by atoms with Gasteiger partial charge in [0, 0.05) is 17.3 Å². The van der Waals surface area contributed by atoms with Crippen molar-refractivity contribution in [3.05, 3.63) is 35.4 Å². The molecule has 3 heteroatoms. The largest absolute Gasteiger partial charge is 0.369 e. The Morgan fingerprint density at radius 3 is 2.93 bits per heavy atom. The molecule has 74 valence electrons. The number of Topliss-reactive ketones (excluding diaryl/α,β-unsaturated/α-hetero) is 1. The van der Waals surface area contributed by atoms with Gasteiger partial charge in [-0.2, -0.15) is 0 Å². The number of carbonyl (C=O) groups excluding carboxylic acids is 1. The second kappa shape index (κ2) is 4.24. The van der Waals surface area contributed by atoms with Crippen molar-refractivity contribution < 1.29 is 9.53 Å². The number of halogens is 1. The molecule has 0 aromatic heterocycles. The van der Waals surface area contributed by atoms with E-state index in [0.29, 0.717) is 6.61 Å². The Labute approximate surface area is 91.4 Å². The summed E-state index contributed by atoms with van der Waals surface area (Å²) in [7, 11) is 0. The smallest absolute Gasteiger partial charge is 0.192 e. The lowest BCUT2D eigenvalue weighted by molar-refractivity contribution is 0.0512. The number of ketones is 1. The predicted octanol–water partition coefficient (Wildman–Crippen LogP) is 2.21. The van der Waals surface area contributed by atoms with Crippen molar-refractivity contribution in [1.82, 2.24) is 0 Å². The van der Waals surface area contributed by atoms with E-state index >= 15 is 0 Å². The second-order valence-corrected chi connectivity index (χ2v) is 4.07. The van der Waals surface area contributed by atoms with Gasteiger partial charge in [-0.1, -0.05) is 40.2 Å². The molecule has 1 aliphatic rings. The Bertz CT molecular complexity index is 349. The molecule has 0 saturated carbocycles. The minimum Gasteiger partial charge on any atom is -0.369 e. The molecule has 1 atom stereocenters. The van der Waals surface area contributed by atoms with Gasteiger partial charge in [0.1, 0.15) is 6.10 Å². The van der Waals surface area contributed by atoms with Crippen LogP contribution in [-0.4, -0.2) is 23.8 Å². The van der Waals surface area contributed by atoms with Crippen molar-refractivity contribution in [1.29, 1.82) is 0 Å². The van der Waals surface area contributed by atoms with E-state index in [-0.39, 0.29) is 11.9 Å². The van der Waals surface area contributed by atoms with E-state index < -0.39 is 0 Å². The summed E-state index contributed by atoms with van der Waals surface area (Å²) in [6.07, 6.45) is 0.465. The highest BCUT2D eigenvalue weighted by molar-refractivity contribution is 9.09. The molecular formula is C11H11BrO2. The maximum absolute atomic E-state index is 11.8. The Balaban J connectivity index is 2.13. The number of carbonyl (C=O) groups is 1. The van der Waals surface area contributed by atoms with Crippen LogP contribution in [0.5, 0.6) is 0 Å². The average molecular weight is 255 g/mol. The van der Waals surface area contributed by atoms with Crippen molar-refractivity contribution in [2.45, 2.75) is 12.5 Å². The topological polar surface area (TPSA) is 26.3 Å². The van der Waals surface area contributed by atoms with Crippen molar-refractivity contribution >= 4 is 21.7 Å². The van der Waals surface area contributed by atoms with Crippen LogP contribution in [0.2, 0.25) is 0 Å². The van der Waals surface area contributed by atoms with Gasteiger partial charge in [0.25, 0.3) is 0 Å². The molecule has 1 aromatic rings. The zero-order valence-electron chi connectivity index (χ0n) is 7.70. The van der Waals surface area contributed by atoms with E-state index in [1.807, 2.05) is 24.3 Å². The summed E-state index contributed by atoms with van der Waals surface area (Å²) < 4.78 is 5.45. The molecule has 14 heavy (non-hydrogen) atoms. The molecule has 1 aliphatic carbocycles.